The van der Waals surface area contributed by atoms with Gasteiger partial charge in [-0.25, -0.2) is 0 Å². The van der Waals surface area contributed by atoms with Gasteiger partial charge in [0.1, 0.15) is 0 Å². The van der Waals surface area contributed by atoms with Crippen molar-refractivity contribution in [1.82, 2.24) is 15.1 Å². The van der Waals surface area contributed by atoms with Gasteiger partial charge in [0.2, 0.25) is 5.91 Å². The predicted octanol–water partition coefficient (Wildman–Crippen LogP) is 2.30. The van der Waals surface area contributed by atoms with E-state index in [0.29, 0.717) is 18.0 Å². The Balaban J connectivity index is 2.64. The van der Waals surface area contributed by atoms with Crippen LogP contribution < -0.4 is 5.32 Å². The van der Waals surface area contributed by atoms with Gasteiger partial charge in [0.05, 0.1) is 12.2 Å². The van der Waals surface area contributed by atoms with Gasteiger partial charge in [-0.3, -0.25) is 15.0 Å². The Hall–Kier alpha value is -0.610. The lowest BCUT2D eigenvalue weighted by Crippen LogP contribution is -2.46. The van der Waals surface area contributed by atoms with Gasteiger partial charge >= 0.3 is 0 Å². The molecule has 0 aromatic heterocycles. The Morgan fingerprint density at radius 2 is 1.70 bits per heavy atom. The maximum Gasteiger partial charge on any atom is 0.240 e. The average Bonchev–Trinajstić information content (AvgIpc) is 2.54. The van der Waals surface area contributed by atoms with Crippen LogP contribution in [0, 0.1) is 5.92 Å². The molecule has 1 amide bonds. The number of nitrogens with one attached hydrogen (secondary N) is 1. The molecule has 1 heterocycles. The first kappa shape index (κ1) is 17.4. The summed E-state index contributed by atoms with van der Waals surface area (Å²) < 4.78 is 0. The molecular weight excluding hydrogens is 250 g/mol. The van der Waals surface area contributed by atoms with E-state index in [2.05, 4.69) is 51.8 Å². The highest BCUT2D eigenvalue weighted by Gasteiger charge is 2.36. The molecule has 1 aliphatic heterocycles. The van der Waals surface area contributed by atoms with Gasteiger partial charge in [-0.05, 0) is 47.0 Å². The van der Waals surface area contributed by atoms with Crippen molar-refractivity contribution in [2.24, 2.45) is 5.92 Å². The fraction of sp³-hybridized carbons (Fsp3) is 0.938. The van der Waals surface area contributed by atoms with Crippen LogP contribution in [-0.4, -0.2) is 53.1 Å². The Labute approximate surface area is 124 Å². The Kier molecular flexibility index (Phi) is 6.46. The molecule has 1 saturated heterocycles. The standard InChI is InChI=1S/C16H33N3O/c1-11(2)10-15-17-14(7)16(20)19(15)9-8-18(12(3)4)13(5)6/h11-15,17H,8-10H2,1-7H3. The van der Waals surface area contributed by atoms with Crippen molar-refractivity contribution in [2.45, 2.75) is 79.2 Å². The second-order valence-corrected chi connectivity index (χ2v) is 6.99. The van der Waals surface area contributed by atoms with Crippen LogP contribution in [0.15, 0.2) is 0 Å². The first-order valence-corrected chi connectivity index (χ1v) is 8.06. The summed E-state index contributed by atoms with van der Waals surface area (Å²) in [4.78, 5) is 16.8. The predicted molar refractivity (Wildman–Crippen MR) is 84.5 cm³/mol. The van der Waals surface area contributed by atoms with Crippen molar-refractivity contribution >= 4 is 5.91 Å². The summed E-state index contributed by atoms with van der Waals surface area (Å²) in [6.07, 6.45) is 1.23. The second kappa shape index (κ2) is 7.41. The van der Waals surface area contributed by atoms with Gasteiger partial charge in [-0.1, -0.05) is 13.8 Å². The third-order valence-corrected chi connectivity index (χ3v) is 4.09. The fourth-order valence-corrected chi connectivity index (χ4v) is 3.10. The molecule has 1 aliphatic rings. The van der Waals surface area contributed by atoms with Crippen molar-refractivity contribution in [2.75, 3.05) is 13.1 Å². The van der Waals surface area contributed by atoms with Crippen LogP contribution in [0.2, 0.25) is 0 Å². The van der Waals surface area contributed by atoms with Gasteiger partial charge < -0.3 is 4.90 Å². The van der Waals surface area contributed by atoms with Crippen LogP contribution in [0.5, 0.6) is 0 Å². The first-order chi connectivity index (χ1) is 9.23. The minimum absolute atomic E-state index is 0.0368. The summed E-state index contributed by atoms with van der Waals surface area (Å²) in [5, 5.41) is 3.43. The number of hydrogen-bond acceptors (Lipinski definition) is 3. The largest absolute Gasteiger partial charge is 0.325 e. The molecule has 4 nitrogen and oxygen atoms in total. The number of amides is 1. The third kappa shape index (κ3) is 4.45. The lowest BCUT2D eigenvalue weighted by molar-refractivity contribution is -0.130. The Morgan fingerprint density at radius 1 is 1.15 bits per heavy atom. The molecule has 0 aliphatic carbocycles. The van der Waals surface area contributed by atoms with Crippen LogP contribution in [0.1, 0.15) is 54.9 Å². The van der Waals surface area contributed by atoms with E-state index in [1.165, 1.54) is 0 Å². The van der Waals surface area contributed by atoms with Crippen molar-refractivity contribution in [1.29, 1.82) is 0 Å². The third-order valence-electron chi connectivity index (χ3n) is 4.09. The summed E-state index contributed by atoms with van der Waals surface area (Å²) in [6.45, 7) is 17.0. The summed E-state index contributed by atoms with van der Waals surface area (Å²) >= 11 is 0. The van der Waals surface area contributed by atoms with E-state index >= 15 is 0 Å². The maximum atomic E-state index is 12.3. The zero-order valence-corrected chi connectivity index (χ0v) is 14.3. The molecular formula is C16H33N3O. The molecule has 0 aromatic carbocycles. The second-order valence-electron chi connectivity index (χ2n) is 6.99. The highest BCUT2D eigenvalue weighted by molar-refractivity contribution is 5.83. The van der Waals surface area contributed by atoms with Crippen molar-refractivity contribution < 1.29 is 4.79 Å². The molecule has 0 saturated carbocycles. The highest BCUT2D eigenvalue weighted by atomic mass is 16.2. The maximum absolute atomic E-state index is 12.3. The number of rotatable bonds is 7. The molecule has 0 spiro atoms. The number of nitrogens with zero attached hydrogens (tertiary/aromatic N) is 2. The topological polar surface area (TPSA) is 35.6 Å². The lowest BCUT2D eigenvalue weighted by atomic mass is 10.1. The van der Waals surface area contributed by atoms with E-state index in [0.717, 1.165) is 19.5 Å². The molecule has 0 aromatic rings. The van der Waals surface area contributed by atoms with Crippen LogP contribution in [0.25, 0.3) is 0 Å². The van der Waals surface area contributed by atoms with Crippen molar-refractivity contribution in [3.8, 4) is 0 Å². The van der Waals surface area contributed by atoms with Crippen LogP contribution in [0.3, 0.4) is 0 Å². The average molecular weight is 283 g/mol. The Bertz CT molecular complexity index is 307. The molecule has 0 radical (unpaired) electrons. The highest BCUT2D eigenvalue weighted by Crippen LogP contribution is 2.18. The minimum atomic E-state index is -0.0368. The summed E-state index contributed by atoms with van der Waals surface area (Å²) in [5.74, 6) is 0.850. The van der Waals surface area contributed by atoms with Crippen molar-refractivity contribution in [3.63, 3.8) is 0 Å². The van der Waals surface area contributed by atoms with Gasteiger partial charge in [-0.2, -0.15) is 0 Å². The molecule has 1 rings (SSSR count). The molecule has 0 bridgehead atoms. The molecule has 2 unspecified atom stereocenters. The molecule has 118 valence electrons. The SMILES string of the molecule is CC(C)CC1NC(C)C(=O)N1CCN(C(C)C)C(C)C. The van der Waals surface area contributed by atoms with Crippen LogP contribution in [-0.2, 0) is 4.79 Å². The summed E-state index contributed by atoms with van der Waals surface area (Å²) in [6, 6.07) is 0.994. The van der Waals surface area contributed by atoms with Crippen LogP contribution in [0.4, 0.5) is 0 Å². The van der Waals surface area contributed by atoms with E-state index in [1.54, 1.807) is 0 Å². The molecule has 2 atom stereocenters. The molecule has 4 heteroatoms. The number of carbonyl (C=O) groups is 1. The quantitative estimate of drug-likeness (QED) is 0.779. The van der Waals surface area contributed by atoms with E-state index in [1.807, 2.05) is 11.8 Å². The minimum Gasteiger partial charge on any atom is -0.325 e. The van der Waals surface area contributed by atoms with E-state index in [-0.39, 0.29) is 18.1 Å². The summed E-state index contributed by atoms with van der Waals surface area (Å²) in [5.41, 5.74) is 0. The molecule has 20 heavy (non-hydrogen) atoms. The normalized spacial score (nSPS) is 23.9. The van der Waals surface area contributed by atoms with Gasteiger partial charge in [0.15, 0.2) is 0 Å². The van der Waals surface area contributed by atoms with Crippen molar-refractivity contribution in [3.05, 3.63) is 0 Å². The van der Waals surface area contributed by atoms with Crippen LogP contribution >= 0.6 is 0 Å². The zero-order chi connectivity index (χ0) is 15.4. The van der Waals surface area contributed by atoms with E-state index < -0.39 is 0 Å². The fourth-order valence-electron chi connectivity index (χ4n) is 3.10. The van der Waals surface area contributed by atoms with E-state index in [9.17, 15) is 4.79 Å². The van der Waals surface area contributed by atoms with Gasteiger partial charge in [-0.15, -0.1) is 0 Å². The van der Waals surface area contributed by atoms with E-state index in [4.69, 9.17) is 0 Å². The number of hydrogen-bond donors (Lipinski definition) is 1. The first-order valence-electron chi connectivity index (χ1n) is 8.06. The smallest absolute Gasteiger partial charge is 0.240 e. The zero-order valence-electron chi connectivity index (χ0n) is 14.3. The van der Waals surface area contributed by atoms with Gasteiger partial charge in [0.25, 0.3) is 0 Å². The molecule has 1 fully saturated rings. The number of carbonyl (C=O) groups excluding carboxylic acids is 1. The lowest BCUT2D eigenvalue weighted by Gasteiger charge is -2.34. The van der Waals surface area contributed by atoms with Gasteiger partial charge in [0, 0.05) is 25.2 Å². The Morgan fingerprint density at radius 3 is 2.15 bits per heavy atom. The summed E-state index contributed by atoms with van der Waals surface area (Å²) in [7, 11) is 0. The monoisotopic (exact) mass is 283 g/mol. The molecule has 1 N–H and O–H groups in total.